The molecule has 0 spiro atoms. The number of nitrogens with zero attached hydrogens (tertiary/aromatic N) is 2. The Balaban J connectivity index is 1.65. The maximum atomic E-state index is 10.9. The van der Waals surface area contributed by atoms with Crippen molar-refractivity contribution >= 4 is 5.97 Å². The van der Waals surface area contributed by atoms with Gasteiger partial charge < -0.3 is 14.7 Å². The molecule has 2 heterocycles. The fraction of sp³-hybridized carbons (Fsp3) is 0.923. The average molecular weight is 256 g/mol. The molecule has 18 heavy (non-hydrogen) atoms. The summed E-state index contributed by atoms with van der Waals surface area (Å²) >= 11 is 0. The third kappa shape index (κ3) is 3.67. The average Bonchev–Trinajstić information content (AvgIpc) is 2.89. The summed E-state index contributed by atoms with van der Waals surface area (Å²) < 4.78 is 5.62. The number of carboxylic acids is 1. The van der Waals surface area contributed by atoms with Crippen molar-refractivity contribution in [2.24, 2.45) is 0 Å². The van der Waals surface area contributed by atoms with Gasteiger partial charge in [0, 0.05) is 39.3 Å². The smallest absolute Gasteiger partial charge is 0.320 e. The number of carboxylic acid groups (broad SMARTS) is 1. The van der Waals surface area contributed by atoms with Gasteiger partial charge in [-0.25, -0.2) is 0 Å². The molecule has 2 unspecified atom stereocenters. The molecular formula is C13H24N2O3. The second-order valence-electron chi connectivity index (χ2n) is 5.32. The van der Waals surface area contributed by atoms with E-state index in [1.807, 2.05) is 4.90 Å². The van der Waals surface area contributed by atoms with Crippen LogP contribution in [0.5, 0.6) is 0 Å². The van der Waals surface area contributed by atoms with Gasteiger partial charge in [0.2, 0.25) is 0 Å². The van der Waals surface area contributed by atoms with Crippen LogP contribution in [0, 0.1) is 0 Å². The van der Waals surface area contributed by atoms with Gasteiger partial charge >= 0.3 is 5.97 Å². The van der Waals surface area contributed by atoms with Crippen LogP contribution in [0.15, 0.2) is 0 Å². The minimum absolute atomic E-state index is 0.356. The molecule has 5 heteroatoms. The SMILES string of the molecule is CC(C(=O)O)N1CCN(CCC2CCCO2)CC1. The van der Waals surface area contributed by atoms with Crippen molar-refractivity contribution in [1.29, 1.82) is 0 Å². The van der Waals surface area contributed by atoms with Crippen molar-refractivity contribution in [1.82, 2.24) is 9.80 Å². The van der Waals surface area contributed by atoms with Crippen LogP contribution in [0.4, 0.5) is 0 Å². The predicted molar refractivity (Wildman–Crippen MR) is 68.7 cm³/mol. The van der Waals surface area contributed by atoms with Crippen LogP contribution >= 0.6 is 0 Å². The van der Waals surface area contributed by atoms with Crippen LogP contribution < -0.4 is 0 Å². The Labute approximate surface area is 109 Å². The van der Waals surface area contributed by atoms with Crippen LogP contribution in [-0.2, 0) is 9.53 Å². The number of hydrogen-bond donors (Lipinski definition) is 1. The van der Waals surface area contributed by atoms with E-state index in [1.165, 1.54) is 12.8 Å². The molecular weight excluding hydrogens is 232 g/mol. The number of carbonyl (C=O) groups is 1. The molecule has 0 bridgehead atoms. The molecule has 1 N–H and O–H groups in total. The van der Waals surface area contributed by atoms with Crippen molar-refractivity contribution in [2.75, 3.05) is 39.3 Å². The minimum Gasteiger partial charge on any atom is -0.480 e. The summed E-state index contributed by atoms with van der Waals surface area (Å²) in [5.74, 6) is -0.720. The predicted octanol–water partition coefficient (Wildman–Crippen LogP) is 0.646. The Kier molecular flexibility index (Phi) is 4.97. The highest BCUT2D eigenvalue weighted by Gasteiger charge is 2.25. The zero-order valence-electron chi connectivity index (χ0n) is 11.2. The lowest BCUT2D eigenvalue weighted by Gasteiger charge is -2.36. The molecule has 0 aromatic carbocycles. The van der Waals surface area contributed by atoms with Gasteiger partial charge in [0.1, 0.15) is 6.04 Å². The number of ether oxygens (including phenoxy) is 1. The summed E-state index contributed by atoms with van der Waals surface area (Å²) in [5.41, 5.74) is 0. The monoisotopic (exact) mass is 256 g/mol. The largest absolute Gasteiger partial charge is 0.480 e. The van der Waals surface area contributed by atoms with E-state index in [0.717, 1.165) is 45.8 Å². The summed E-state index contributed by atoms with van der Waals surface area (Å²) in [5, 5.41) is 8.98. The molecule has 0 aromatic heterocycles. The minimum atomic E-state index is -0.720. The van der Waals surface area contributed by atoms with Crippen LogP contribution in [0.2, 0.25) is 0 Å². The quantitative estimate of drug-likeness (QED) is 0.782. The molecule has 2 rings (SSSR count). The first-order valence-corrected chi connectivity index (χ1v) is 6.97. The molecule has 104 valence electrons. The van der Waals surface area contributed by atoms with E-state index < -0.39 is 5.97 Å². The van der Waals surface area contributed by atoms with E-state index in [4.69, 9.17) is 9.84 Å². The highest BCUT2D eigenvalue weighted by atomic mass is 16.5. The van der Waals surface area contributed by atoms with Gasteiger partial charge in [0.05, 0.1) is 6.10 Å². The van der Waals surface area contributed by atoms with Crippen LogP contribution in [0.3, 0.4) is 0 Å². The van der Waals surface area contributed by atoms with E-state index in [9.17, 15) is 4.79 Å². The van der Waals surface area contributed by atoms with Crippen molar-refractivity contribution in [3.8, 4) is 0 Å². The van der Waals surface area contributed by atoms with Crippen molar-refractivity contribution in [2.45, 2.75) is 38.3 Å². The Hall–Kier alpha value is -0.650. The topological polar surface area (TPSA) is 53.0 Å². The van der Waals surface area contributed by atoms with Crippen LogP contribution in [-0.4, -0.2) is 72.4 Å². The number of piperazine rings is 1. The summed E-state index contributed by atoms with van der Waals surface area (Å²) in [6.45, 7) is 7.45. The van der Waals surface area contributed by atoms with E-state index in [-0.39, 0.29) is 6.04 Å². The van der Waals surface area contributed by atoms with Gasteiger partial charge in [-0.05, 0) is 26.2 Å². The molecule has 2 atom stereocenters. The molecule has 2 fully saturated rings. The number of hydrogen-bond acceptors (Lipinski definition) is 4. The van der Waals surface area contributed by atoms with Crippen molar-refractivity contribution in [3.05, 3.63) is 0 Å². The molecule has 0 saturated carbocycles. The first kappa shape index (κ1) is 13.8. The van der Waals surface area contributed by atoms with Gasteiger partial charge in [0.25, 0.3) is 0 Å². The Morgan fingerprint density at radius 3 is 2.67 bits per heavy atom. The molecule has 0 aromatic rings. The Morgan fingerprint density at radius 1 is 1.39 bits per heavy atom. The van der Waals surface area contributed by atoms with E-state index in [0.29, 0.717) is 6.10 Å². The van der Waals surface area contributed by atoms with Gasteiger partial charge in [-0.2, -0.15) is 0 Å². The van der Waals surface area contributed by atoms with Crippen molar-refractivity contribution < 1.29 is 14.6 Å². The summed E-state index contributed by atoms with van der Waals surface area (Å²) in [4.78, 5) is 15.4. The third-order valence-corrected chi connectivity index (χ3v) is 4.10. The van der Waals surface area contributed by atoms with E-state index >= 15 is 0 Å². The maximum absolute atomic E-state index is 10.9. The second kappa shape index (κ2) is 6.50. The van der Waals surface area contributed by atoms with Gasteiger partial charge in [-0.1, -0.05) is 0 Å². The first-order valence-electron chi connectivity index (χ1n) is 6.97. The molecule has 0 aliphatic carbocycles. The van der Waals surface area contributed by atoms with E-state index in [1.54, 1.807) is 6.92 Å². The molecule has 0 amide bonds. The normalized spacial score (nSPS) is 28.4. The zero-order chi connectivity index (χ0) is 13.0. The molecule has 2 aliphatic heterocycles. The second-order valence-corrected chi connectivity index (χ2v) is 5.32. The molecule has 0 radical (unpaired) electrons. The lowest BCUT2D eigenvalue weighted by Crippen LogP contribution is -2.51. The lowest BCUT2D eigenvalue weighted by atomic mass is 10.1. The lowest BCUT2D eigenvalue weighted by molar-refractivity contribution is -0.143. The molecule has 2 aliphatic rings. The molecule has 5 nitrogen and oxygen atoms in total. The number of rotatable bonds is 5. The zero-order valence-corrected chi connectivity index (χ0v) is 11.2. The maximum Gasteiger partial charge on any atom is 0.320 e. The third-order valence-electron chi connectivity index (χ3n) is 4.10. The fourth-order valence-electron chi connectivity index (χ4n) is 2.73. The number of aliphatic carboxylic acids is 1. The molecule has 2 saturated heterocycles. The Bertz CT molecular complexity index is 271. The highest BCUT2D eigenvalue weighted by molar-refractivity contribution is 5.72. The summed E-state index contributed by atoms with van der Waals surface area (Å²) in [6, 6.07) is -0.356. The van der Waals surface area contributed by atoms with Crippen LogP contribution in [0.25, 0.3) is 0 Å². The standard InChI is InChI=1S/C13H24N2O3/c1-11(13(16)17)15-8-6-14(7-9-15)5-4-12-3-2-10-18-12/h11-12H,2-10H2,1H3,(H,16,17). The van der Waals surface area contributed by atoms with Gasteiger partial charge in [-0.3, -0.25) is 9.69 Å². The highest BCUT2D eigenvalue weighted by Crippen LogP contribution is 2.16. The summed E-state index contributed by atoms with van der Waals surface area (Å²) in [7, 11) is 0. The van der Waals surface area contributed by atoms with E-state index in [2.05, 4.69) is 4.90 Å². The Morgan fingerprint density at radius 2 is 2.11 bits per heavy atom. The van der Waals surface area contributed by atoms with Gasteiger partial charge in [-0.15, -0.1) is 0 Å². The van der Waals surface area contributed by atoms with Crippen LogP contribution in [0.1, 0.15) is 26.2 Å². The van der Waals surface area contributed by atoms with Gasteiger partial charge in [0.15, 0.2) is 0 Å². The fourth-order valence-corrected chi connectivity index (χ4v) is 2.73. The summed E-state index contributed by atoms with van der Waals surface area (Å²) in [6.07, 6.45) is 3.99. The van der Waals surface area contributed by atoms with Crippen molar-refractivity contribution in [3.63, 3.8) is 0 Å². The first-order chi connectivity index (χ1) is 8.66.